The quantitative estimate of drug-likeness (QED) is 0.201. The Morgan fingerprint density at radius 3 is 2.69 bits per heavy atom. The standard InChI is InChI=1S/C11H25N3OS/c1-9(16-4)8-13-7-5-6-11(2,3)10(12)14-15/h9,13,15H,5-8H2,1-4H3,(H2,12,14). The van der Waals surface area contributed by atoms with Crippen LogP contribution in [0.1, 0.15) is 33.6 Å². The highest BCUT2D eigenvalue weighted by molar-refractivity contribution is 7.99. The van der Waals surface area contributed by atoms with Crippen LogP contribution in [0.2, 0.25) is 0 Å². The Morgan fingerprint density at radius 2 is 2.19 bits per heavy atom. The van der Waals surface area contributed by atoms with E-state index in [2.05, 4.69) is 23.7 Å². The van der Waals surface area contributed by atoms with Crippen LogP contribution in [-0.4, -0.2) is 35.6 Å². The smallest absolute Gasteiger partial charge is 0.144 e. The Kier molecular flexibility index (Phi) is 7.58. The zero-order chi connectivity index (χ0) is 12.6. The minimum absolute atomic E-state index is 0.221. The van der Waals surface area contributed by atoms with E-state index in [0.717, 1.165) is 25.9 Å². The van der Waals surface area contributed by atoms with E-state index in [1.54, 1.807) is 0 Å². The zero-order valence-corrected chi connectivity index (χ0v) is 11.6. The molecule has 5 heteroatoms. The molecule has 0 aromatic heterocycles. The number of nitrogens with zero attached hydrogens (tertiary/aromatic N) is 1. The van der Waals surface area contributed by atoms with E-state index in [-0.39, 0.29) is 5.41 Å². The van der Waals surface area contributed by atoms with Crippen LogP contribution < -0.4 is 11.1 Å². The van der Waals surface area contributed by atoms with E-state index in [0.29, 0.717) is 11.1 Å². The monoisotopic (exact) mass is 247 g/mol. The van der Waals surface area contributed by atoms with Crippen molar-refractivity contribution in [3.8, 4) is 0 Å². The van der Waals surface area contributed by atoms with E-state index in [1.165, 1.54) is 0 Å². The highest BCUT2D eigenvalue weighted by atomic mass is 32.2. The van der Waals surface area contributed by atoms with Crippen LogP contribution in [0.25, 0.3) is 0 Å². The van der Waals surface area contributed by atoms with Crippen molar-refractivity contribution in [3.05, 3.63) is 0 Å². The average Bonchev–Trinajstić information content (AvgIpc) is 2.26. The maximum atomic E-state index is 8.62. The molecule has 4 nitrogen and oxygen atoms in total. The van der Waals surface area contributed by atoms with Crippen molar-refractivity contribution in [1.29, 1.82) is 0 Å². The molecule has 0 aliphatic carbocycles. The number of nitrogens with two attached hydrogens (primary N) is 1. The summed E-state index contributed by atoms with van der Waals surface area (Å²) in [5, 5.41) is 15.7. The first-order valence-corrected chi connectivity index (χ1v) is 6.94. The lowest BCUT2D eigenvalue weighted by atomic mass is 9.86. The first kappa shape index (κ1) is 15.6. The van der Waals surface area contributed by atoms with Crippen LogP contribution >= 0.6 is 11.8 Å². The minimum atomic E-state index is -0.221. The number of amidine groups is 1. The van der Waals surface area contributed by atoms with E-state index in [9.17, 15) is 0 Å². The van der Waals surface area contributed by atoms with E-state index in [4.69, 9.17) is 10.9 Å². The molecular weight excluding hydrogens is 222 g/mol. The van der Waals surface area contributed by atoms with Crippen LogP contribution in [0.5, 0.6) is 0 Å². The summed E-state index contributed by atoms with van der Waals surface area (Å²) in [5.41, 5.74) is 5.39. The van der Waals surface area contributed by atoms with Gasteiger partial charge in [0.25, 0.3) is 0 Å². The lowest BCUT2D eigenvalue weighted by Gasteiger charge is -2.22. The van der Waals surface area contributed by atoms with Gasteiger partial charge in [-0.05, 0) is 25.6 Å². The van der Waals surface area contributed by atoms with Gasteiger partial charge in [-0.3, -0.25) is 0 Å². The highest BCUT2D eigenvalue weighted by Crippen LogP contribution is 2.21. The molecule has 0 bridgehead atoms. The van der Waals surface area contributed by atoms with E-state index < -0.39 is 0 Å². The van der Waals surface area contributed by atoms with Crippen LogP contribution in [-0.2, 0) is 0 Å². The Bertz CT molecular complexity index is 219. The predicted octanol–water partition coefficient (Wildman–Crippen LogP) is 1.88. The molecular formula is C11H25N3OS. The molecule has 0 amide bonds. The average molecular weight is 247 g/mol. The molecule has 0 aromatic carbocycles. The third-order valence-electron chi connectivity index (χ3n) is 2.79. The number of nitrogens with one attached hydrogen (secondary N) is 1. The summed E-state index contributed by atoms with van der Waals surface area (Å²) in [7, 11) is 0. The molecule has 16 heavy (non-hydrogen) atoms. The third kappa shape index (κ3) is 6.23. The molecule has 0 saturated carbocycles. The van der Waals surface area contributed by atoms with Gasteiger partial charge in [0.1, 0.15) is 5.84 Å². The molecule has 1 unspecified atom stereocenters. The molecule has 0 rings (SSSR count). The van der Waals surface area contributed by atoms with Gasteiger partial charge in [-0.25, -0.2) is 0 Å². The van der Waals surface area contributed by atoms with Crippen LogP contribution in [0.4, 0.5) is 0 Å². The first-order chi connectivity index (χ1) is 7.44. The van der Waals surface area contributed by atoms with Crippen molar-refractivity contribution < 1.29 is 5.21 Å². The summed E-state index contributed by atoms with van der Waals surface area (Å²) in [5.74, 6) is 0.310. The summed E-state index contributed by atoms with van der Waals surface area (Å²) in [6.07, 6.45) is 4.07. The van der Waals surface area contributed by atoms with Crippen LogP contribution in [0.15, 0.2) is 5.16 Å². The van der Waals surface area contributed by atoms with E-state index in [1.807, 2.05) is 25.6 Å². The van der Waals surface area contributed by atoms with Crippen molar-refractivity contribution in [1.82, 2.24) is 5.32 Å². The molecule has 96 valence electrons. The molecule has 0 radical (unpaired) electrons. The molecule has 0 aromatic rings. The summed E-state index contributed by atoms with van der Waals surface area (Å²) >= 11 is 1.86. The second kappa shape index (κ2) is 7.79. The molecule has 0 fully saturated rings. The van der Waals surface area contributed by atoms with Gasteiger partial charge < -0.3 is 16.3 Å². The topological polar surface area (TPSA) is 70.6 Å². The highest BCUT2D eigenvalue weighted by Gasteiger charge is 2.22. The normalized spacial score (nSPS) is 15.1. The molecule has 1 atom stereocenters. The fraction of sp³-hybridized carbons (Fsp3) is 0.909. The first-order valence-electron chi connectivity index (χ1n) is 5.65. The minimum Gasteiger partial charge on any atom is -0.409 e. The summed E-state index contributed by atoms with van der Waals surface area (Å²) in [4.78, 5) is 0. The van der Waals surface area contributed by atoms with Gasteiger partial charge in [-0.15, -0.1) is 0 Å². The van der Waals surface area contributed by atoms with Crippen molar-refractivity contribution in [2.75, 3.05) is 19.3 Å². The van der Waals surface area contributed by atoms with Crippen LogP contribution in [0, 0.1) is 5.41 Å². The Balaban J connectivity index is 3.66. The van der Waals surface area contributed by atoms with Crippen LogP contribution in [0.3, 0.4) is 0 Å². The van der Waals surface area contributed by atoms with Gasteiger partial charge in [0.15, 0.2) is 0 Å². The molecule has 0 saturated heterocycles. The number of rotatable bonds is 8. The van der Waals surface area contributed by atoms with Gasteiger partial charge >= 0.3 is 0 Å². The number of thioether (sulfide) groups is 1. The lowest BCUT2D eigenvalue weighted by Crippen LogP contribution is -2.33. The summed E-state index contributed by atoms with van der Waals surface area (Å²) in [6.45, 7) is 8.20. The second-order valence-corrected chi connectivity index (χ2v) is 6.00. The molecule has 4 N–H and O–H groups in total. The van der Waals surface area contributed by atoms with Gasteiger partial charge in [0.05, 0.1) is 0 Å². The van der Waals surface area contributed by atoms with Crippen molar-refractivity contribution in [2.24, 2.45) is 16.3 Å². The maximum absolute atomic E-state index is 8.62. The van der Waals surface area contributed by atoms with Gasteiger partial charge in [-0.1, -0.05) is 25.9 Å². The number of oxime groups is 1. The lowest BCUT2D eigenvalue weighted by molar-refractivity contribution is 0.304. The molecule has 0 aliphatic heterocycles. The fourth-order valence-corrected chi connectivity index (χ4v) is 1.59. The maximum Gasteiger partial charge on any atom is 0.144 e. The number of hydrogen-bond acceptors (Lipinski definition) is 4. The van der Waals surface area contributed by atoms with Gasteiger partial charge in [0, 0.05) is 17.2 Å². The molecule has 0 spiro atoms. The van der Waals surface area contributed by atoms with E-state index >= 15 is 0 Å². The molecule has 0 aliphatic rings. The second-order valence-electron chi connectivity index (χ2n) is 4.72. The predicted molar refractivity (Wildman–Crippen MR) is 72.3 cm³/mol. The zero-order valence-electron chi connectivity index (χ0n) is 10.8. The van der Waals surface area contributed by atoms with Crippen molar-refractivity contribution in [3.63, 3.8) is 0 Å². The Morgan fingerprint density at radius 1 is 1.56 bits per heavy atom. The summed E-state index contributed by atoms with van der Waals surface area (Å²) in [6, 6.07) is 0. The fourth-order valence-electron chi connectivity index (χ4n) is 1.31. The van der Waals surface area contributed by atoms with Crippen molar-refractivity contribution >= 4 is 17.6 Å². The SMILES string of the molecule is CSC(C)CNCCCC(C)(C)C(N)=NO. The van der Waals surface area contributed by atoms with Crippen molar-refractivity contribution in [2.45, 2.75) is 38.9 Å². The van der Waals surface area contributed by atoms with Gasteiger partial charge in [-0.2, -0.15) is 11.8 Å². The largest absolute Gasteiger partial charge is 0.409 e. The number of hydrogen-bond donors (Lipinski definition) is 3. The summed E-state index contributed by atoms with van der Waals surface area (Å²) < 4.78 is 0. The Hall–Kier alpha value is -0.420. The molecule has 0 heterocycles. The Labute approximate surface area is 103 Å². The third-order valence-corrected chi connectivity index (χ3v) is 3.76. The van der Waals surface area contributed by atoms with Gasteiger partial charge in [0.2, 0.25) is 0 Å².